The Bertz CT molecular complexity index is 559. The number of ether oxygens (including phenoxy) is 1. The number of rotatable bonds is 6. The quantitative estimate of drug-likeness (QED) is 0.880. The van der Waals surface area contributed by atoms with E-state index in [1.54, 1.807) is 25.1 Å². The lowest BCUT2D eigenvalue weighted by atomic mass is 10.2. The third-order valence-corrected chi connectivity index (χ3v) is 2.95. The van der Waals surface area contributed by atoms with Gasteiger partial charge in [0.1, 0.15) is 0 Å². The minimum absolute atomic E-state index is 0.170. The van der Waals surface area contributed by atoms with Crippen LogP contribution in [-0.4, -0.2) is 23.2 Å². The van der Waals surface area contributed by atoms with E-state index in [1.807, 2.05) is 14.0 Å². The van der Waals surface area contributed by atoms with Crippen LogP contribution >= 0.6 is 0 Å². The first-order chi connectivity index (χ1) is 9.60. The molecule has 0 saturated heterocycles. The number of halogens is 1. The van der Waals surface area contributed by atoms with Crippen LogP contribution in [0, 0.1) is 5.82 Å². The number of nitrogens with zero attached hydrogens (tertiary/aromatic N) is 2. The molecule has 5 nitrogen and oxygen atoms in total. The third kappa shape index (κ3) is 3.54. The van der Waals surface area contributed by atoms with E-state index in [2.05, 4.69) is 15.5 Å². The molecule has 2 unspecified atom stereocenters. The molecule has 2 rings (SSSR count). The molecule has 0 spiro atoms. The molecule has 1 aromatic heterocycles. The molecule has 1 N–H and O–H groups in total. The molecule has 0 aliphatic rings. The van der Waals surface area contributed by atoms with Crippen molar-refractivity contribution in [2.45, 2.75) is 32.4 Å². The van der Waals surface area contributed by atoms with E-state index in [-0.39, 0.29) is 11.8 Å². The molecular weight excluding hydrogens is 261 g/mol. The van der Waals surface area contributed by atoms with Gasteiger partial charge in [0.2, 0.25) is 0 Å². The van der Waals surface area contributed by atoms with Gasteiger partial charge in [-0.05, 0) is 33.0 Å². The van der Waals surface area contributed by atoms with Gasteiger partial charge in [-0.2, -0.15) is 4.98 Å². The molecule has 0 amide bonds. The summed E-state index contributed by atoms with van der Waals surface area (Å²) in [5, 5.41) is 6.99. The Morgan fingerprint density at radius 3 is 2.80 bits per heavy atom. The SMILES string of the molecule is CNC(C)Cc1noc(C(C)Oc2ccccc2F)n1. The van der Waals surface area contributed by atoms with Crippen molar-refractivity contribution in [3.63, 3.8) is 0 Å². The molecule has 1 heterocycles. The van der Waals surface area contributed by atoms with Gasteiger partial charge in [0.15, 0.2) is 23.5 Å². The number of para-hydroxylation sites is 1. The molecule has 0 radical (unpaired) electrons. The van der Waals surface area contributed by atoms with Crippen molar-refractivity contribution >= 4 is 0 Å². The molecule has 2 aromatic rings. The van der Waals surface area contributed by atoms with Crippen LogP contribution in [0.5, 0.6) is 5.75 Å². The lowest BCUT2D eigenvalue weighted by molar-refractivity contribution is 0.169. The maximum Gasteiger partial charge on any atom is 0.267 e. The number of nitrogens with one attached hydrogen (secondary N) is 1. The molecule has 108 valence electrons. The fourth-order valence-corrected chi connectivity index (χ4v) is 1.67. The predicted molar refractivity (Wildman–Crippen MR) is 72.0 cm³/mol. The summed E-state index contributed by atoms with van der Waals surface area (Å²) in [6, 6.07) is 6.47. The van der Waals surface area contributed by atoms with Crippen LogP contribution < -0.4 is 10.1 Å². The summed E-state index contributed by atoms with van der Waals surface area (Å²) >= 11 is 0. The van der Waals surface area contributed by atoms with Crippen LogP contribution in [0.25, 0.3) is 0 Å². The van der Waals surface area contributed by atoms with Crippen LogP contribution in [0.2, 0.25) is 0 Å². The third-order valence-electron chi connectivity index (χ3n) is 2.95. The second-order valence-corrected chi connectivity index (χ2v) is 4.63. The van der Waals surface area contributed by atoms with Gasteiger partial charge >= 0.3 is 0 Å². The van der Waals surface area contributed by atoms with E-state index in [1.165, 1.54) is 6.07 Å². The summed E-state index contributed by atoms with van der Waals surface area (Å²) in [6.07, 6.45) is 0.157. The first-order valence-electron chi connectivity index (χ1n) is 6.51. The number of aromatic nitrogens is 2. The van der Waals surface area contributed by atoms with Crippen molar-refractivity contribution in [3.8, 4) is 5.75 Å². The first-order valence-corrected chi connectivity index (χ1v) is 6.51. The topological polar surface area (TPSA) is 60.2 Å². The Morgan fingerprint density at radius 1 is 1.35 bits per heavy atom. The highest BCUT2D eigenvalue weighted by molar-refractivity contribution is 5.24. The van der Waals surface area contributed by atoms with Crippen molar-refractivity contribution in [1.82, 2.24) is 15.5 Å². The van der Waals surface area contributed by atoms with Gasteiger partial charge in [-0.1, -0.05) is 17.3 Å². The molecule has 0 aliphatic heterocycles. The van der Waals surface area contributed by atoms with Gasteiger partial charge in [0.25, 0.3) is 5.89 Å². The van der Waals surface area contributed by atoms with E-state index in [4.69, 9.17) is 9.26 Å². The van der Waals surface area contributed by atoms with Crippen molar-refractivity contribution in [2.24, 2.45) is 0 Å². The Labute approximate surface area is 117 Å². The fraction of sp³-hybridized carbons (Fsp3) is 0.429. The minimum Gasteiger partial charge on any atom is -0.478 e. The molecule has 2 atom stereocenters. The normalized spacial score (nSPS) is 14.0. The Hall–Kier alpha value is -1.95. The van der Waals surface area contributed by atoms with Crippen LogP contribution in [0.4, 0.5) is 4.39 Å². The summed E-state index contributed by atoms with van der Waals surface area (Å²) < 4.78 is 24.1. The maximum atomic E-state index is 13.5. The van der Waals surface area contributed by atoms with Gasteiger partial charge in [-0.3, -0.25) is 0 Å². The van der Waals surface area contributed by atoms with Crippen molar-refractivity contribution in [1.29, 1.82) is 0 Å². The summed E-state index contributed by atoms with van der Waals surface area (Å²) in [6.45, 7) is 3.76. The van der Waals surface area contributed by atoms with E-state index < -0.39 is 11.9 Å². The number of hydrogen-bond acceptors (Lipinski definition) is 5. The zero-order valence-electron chi connectivity index (χ0n) is 11.8. The molecule has 20 heavy (non-hydrogen) atoms. The molecule has 0 bridgehead atoms. The first kappa shape index (κ1) is 14.5. The smallest absolute Gasteiger partial charge is 0.267 e. The lowest BCUT2D eigenvalue weighted by Crippen LogP contribution is -2.24. The molecule has 0 saturated carbocycles. The Kier molecular flexibility index (Phi) is 4.68. The van der Waals surface area contributed by atoms with E-state index in [0.29, 0.717) is 18.1 Å². The Balaban J connectivity index is 2.03. The number of benzene rings is 1. The highest BCUT2D eigenvalue weighted by atomic mass is 19.1. The van der Waals surface area contributed by atoms with E-state index in [9.17, 15) is 4.39 Å². The standard InChI is InChI=1S/C14H18FN3O2/c1-9(16-3)8-13-17-14(20-18-13)10(2)19-12-7-5-4-6-11(12)15/h4-7,9-10,16H,8H2,1-3H3. The zero-order chi connectivity index (χ0) is 14.5. The van der Waals surface area contributed by atoms with Gasteiger partial charge in [0, 0.05) is 12.5 Å². The van der Waals surface area contributed by atoms with Crippen molar-refractivity contribution in [3.05, 3.63) is 41.8 Å². The molecule has 0 aliphatic carbocycles. The Morgan fingerprint density at radius 2 is 2.10 bits per heavy atom. The van der Waals surface area contributed by atoms with Crippen LogP contribution in [-0.2, 0) is 6.42 Å². The molecule has 1 aromatic carbocycles. The summed E-state index contributed by atoms with van der Waals surface area (Å²) in [4.78, 5) is 4.26. The summed E-state index contributed by atoms with van der Waals surface area (Å²) in [5.74, 6) is 0.698. The largest absolute Gasteiger partial charge is 0.478 e. The van der Waals surface area contributed by atoms with Gasteiger partial charge in [-0.25, -0.2) is 4.39 Å². The van der Waals surface area contributed by atoms with Crippen molar-refractivity contribution < 1.29 is 13.7 Å². The average molecular weight is 279 g/mol. The summed E-state index contributed by atoms with van der Waals surface area (Å²) in [7, 11) is 1.87. The van der Waals surface area contributed by atoms with E-state index >= 15 is 0 Å². The molecule has 6 heteroatoms. The second kappa shape index (κ2) is 6.47. The molecular formula is C14H18FN3O2. The monoisotopic (exact) mass is 279 g/mol. The average Bonchev–Trinajstić information content (AvgIpc) is 2.89. The van der Waals surface area contributed by atoms with Crippen LogP contribution in [0.3, 0.4) is 0 Å². The minimum atomic E-state index is -0.502. The zero-order valence-corrected chi connectivity index (χ0v) is 11.8. The maximum absolute atomic E-state index is 13.5. The number of likely N-dealkylation sites (N-methyl/N-ethyl adjacent to an activating group) is 1. The highest BCUT2D eigenvalue weighted by Gasteiger charge is 2.18. The van der Waals surface area contributed by atoms with Crippen LogP contribution in [0.1, 0.15) is 31.7 Å². The number of hydrogen-bond donors (Lipinski definition) is 1. The fourth-order valence-electron chi connectivity index (χ4n) is 1.67. The van der Waals surface area contributed by atoms with Crippen LogP contribution in [0.15, 0.2) is 28.8 Å². The lowest BCUT2D eigenvalue weighted by Gasteiger charge is -2.11. The molecule has 0 fully saturated rings. The van der Waals surface area contributed by atoms with Crippen molar-refractivity contribution in [2.75, 3.05) is 7.05 Å². The van der Waals surface area contributed by atoms with Gasteiger partial charge in [-0.15, -0.1) is 0 Å². The van der Waals surface area contributed by atoms with E-state index in [0.717, 1.165) is 0 Å². The van der Waals surface area contributed by atoms with Gasteiger partial charge in [0.05, 0.1) is 0 Å². The summed E-state index contributed by atoms with van der Waals surface area (Å²) in [5.41, 5.74) is 0. The highest BCUT2D eigenvalue weighted by Crippen LogP contribution is 2.23. The van der Waals surface area contributed by atoms with Gasteiger partial charge < -0.3 is 14.6 Å². The second-order valence-electron chi connectivity index (χ2n) is 4.63. The predicted octanol–water partition coefficient (Wildman–Crippen LogP) is 2.50.